The molecule has 0 fully saturated rings. The first-order valence-corrected chi connectivity index (χ1v) is 7.00. The molecule has 0 saturated carbocycles. The lowest BCUT2D eigenvalue weighted by atomic mass is 10.2. The minimum absolute atomic E-state index is 0.259. The van der Waals surface area contributed by atoms with Gasteiger partial charge in [0.15, 0.2) is 5.11 Å². The van der Waals surface area contributed by atoms with Gasteiger partial charge in [0.25, 0.3) is 0 Å². The Morgan fingerprint density at radius 1 is 1.00 bits per heavy atom. The fourth-order valence-electron chi connectivity index (χ4n) is 1.91. The van der Waals surface area contributed by atoms with Gasteiger partial charge in [0.2, 0.25) is 0 Å². The molecule has 4 nitrogen and oxygen atoms in total. The summed E-state index contributed by atoms with van der Waals surface area (Å²) in [5.41, 5.74) is 1.79. The van der Waals surface area contributed by atoms with Gasteiger partial charge in [-0.15, -0.1) is 0 Å². The Kier molecular flexibility index (Phi) is 5.16. The summed E-state index contributed by atoms with van der Waals surface area (Å²) in [4.78, 5) is 0. The first kappa shape index (κ1) is 16.0. The molecule has 0 aliphatic heterocycles. The molecule has 2 rings (SSSR count). The van der Waals surface area contributed by atoms with Crippen molar-refractivity contribution in [1.29, 1.82) is 0 Å². The van der Waals surface area contributed by atoms with Crippen LogP contribution >= 0.6 is 12.2 Å². The van der Waals surface area contributed by atoms with Crippen LogP contribution < -0.4 is 20.1 Å². The fraction of sp³-hybridized carbons (Fsp3) is 0.188. The maximum Gasteiger partial charge on any atom is 0.175 e. The van der Waals surface area contributed by atoms with Crippen molar-refractivity contribution in [1.82, 2.24) is 0 Å². The molecule has 2 N–H and O–H groups in total. The molecule has 0 radical (unpaired) electrons. The third-order valence-electron chi connectivity index (χ3n) is 3.03. The van der Waals surface area contributed by atoms with Gasteiger partial charge >= 0.3 is 0 Å². The van der Waals surface area contributed by atoms with Gasteiger partial charge in [0.05, 0.1) is 25.6 Å². The van der Waals surface area contributed by atoms with E-state index in [2.05, 4.69) is 10.6 Å². The number of nitrogens with one attached hydrogen (secondary N) is 2. The van der Waals surface area contributed by atoms with Crippen LogP contribution in [0.15, 0.2) is 36.4 Å². The van der Waals surface area contributed by atoms with Crippen LogP contribution in [0, 0.1) is 12.7 Å². The van der Waals surface area contributed by atoms with E-state index in [1.54, 1.807) is 44.6 Å². The lowest BCUT2D eigenvalue weighted by molar-refractivity contribution is 0.405. The van der Waals surface area contributed by atoms with Crippen molar-refractivity contribution in [2.24, 2.45) is 0 Å². The van der Waals surface area contributed by atoms with Crippen molar-refractivity contribution in [3.63, 3.8) is 0 Å². The summed E-state index contributed by atoms with van der Waals surface area (Å²) in [6.07, 6.45) is 0. The van der Waals surface area contributed by atoms with E-state index in [-0.39, 0.29) is 10.9 Å². The zero-order valence-electron chi connectivity index (χ0n) is 12.6. The van der Waals surface area contributed by atoms with E-state index in [0.717, 1.165) is 5.56 Å². The van der Waals surface area contributed by atoms with Crippen LogP contribution in [0.5, 0.6) is 11.5 Å². The highest BCUT2D eigenvalue weighted by atomic mass is 32.1. The molecule has 0 aliphatic rings. The van der Waals surface area contributed by atoms with E-state index in [1.807, 2.05) is 6.92 Å². The van der Waals surface area contributed by atoms with Crippen LogP contribution in [0.1, 0.15) is 5.56 Å². The second-order valence-electron chi connectivity index (χ2n) is 4.63. The van der Waals surface area contributed by atoms with Gasteiger partial charge in [-0.1, -0.05) is 6.07 Å². The lowest BCUT2D eigenvalue weighted by Crippen LogP contribution is -2.20. The third kappa shape index (κ3) is 3.85. The van der Waals surface area contributed by atoms with Gasteiger partial charge in [-0.25, -0.2) is 4.39 Å². The molecule has 2 aromatic rings. The number of halogens is 1. The SMILES string of the molecule is COc1ccc(OC)c(NC(=S)Nc2ccc(C)cc2F)c1. The number of hydrogen-bond donors (Lipinski definition) is 2. The number of hydrogen-bond acceptors (Lipinski definition) is 3. The molecular weight excluding hydrogens is 303 g/mol. The summed E-state index contributed by atoms with van der Waals surface area (Å²) in [7, 11) is 3.13. The molecule has 6 heteroatoms. The summed E-state index contributed by atoms with van der Waals surface area (Å²) >= 11 is 5.21. The van der Waals surface area contributed by atoms with Gasteiger partial charge in [-0.2, -0.15) is 0 Å². The normalized spacial score (nSPS) is 10.0. The number of benzene rings is 2. The number of thiocarbonyl (C=S) groups is 1. The molecule has 0 amide bonds. The fourth-order valence-corrected chi connectivity index (χ4v) is 2.13. The maximum atomic E-state index is 13.8. The van der Waals surface area contributed by atoms with Crippen LogP contribution in [0.4, 0.5) is 15.8 Å². The van der Waals surface area contributed by atoms with Crippen LogP contribution in [-0.4, -0.2) is 19.3 Å². The van der Waals surface area contributed by atoms with Gasteiger partial charge in [0.1, 0.15) is 17.3 Å². The van der Waals surface area contributed by atoms with E-state index < -0.39 is 0 Å². The molecular formula is C16H17FN2O2S. The minimum Gasteiger partial charge on any atom is -0.497 e. The second-order valence-corrected chi connectivity index (χ2v) is 5.04. The maximum absolute atomic E-state index is 13.8. The summed E-state index contributed by atoms with van der Waals surface area (Å²) in [6.45, 7) is 1.82. The van der Waals surface area contributed by atoms with Crippen molar-refractivity contribution in [3.05, 3.63) is 47.8 Å². The Bertz CT molecular complexity index is 692. The van der Waals surface area contributed by atoms with Crippen molar-refractivity contribution in [2.75, 3.05) is 24.9 Å². The number of anilines is 2. The quantitative estimate of drug-likeness (QED) is 0.835. The molecule has 0 heterocycles. The highest BCUT2D eigenvalue weighted by molar-refractivity contribution is 7.80. The molecule has 0 spiro atoms. The average Bonchev–Trinajstić information content (AvgIpc) is 2.50. The first-order chi connectivity index (χ1) is 10.5. The number of rotatable bonds is 4. The van der Waals surface area contributed by atoms with Gasteiger partial charge in [-0.05, 0) is 49.0 Å². The second kappa shape index (κ2) is 7.09. The van der Waals surface area contributed by atoms with Gasteiger partial charge < -0.3 is 20.1 Å². The molecule has 0 unspecified atom stereocenters. The number of ether oxygens (including phenoxy) is 2. The summed E-state index contributed by atoms with van der Waals surface area (Å²) in [6, 6.07) is 10.2. The summed E-state index contributed by atoms with van der Waals surface area (Å²) < 4.78 is 24.2. The Balaban J connectivity index is 2.14. The summed E-state index contributed by atoms with van der Waals surface area (Å²) in [5, 5.41) is 6.06. The van der Waals surface area contributed by atoms with Crippen molar-refractivity contribution in [2.45, 2.75) is 6.92 Å². The molecule has 116 valence electrons. The molecule has 0 bridgehead atoms. The Morgan fingerprint density at radius 2 is 1.73 bits per heavy atom. The van der Waals surface area contributed by atoms with Gasteiger partial charge in [-0.3, -0.25) is 0 Å². The van der Waals surface area contributed by atoms with Crippen molar-refractivity contribution in [3.8, 4) is 11.5 Å². The Hall–Kier alpha value is -2.34. The number of methoxy groups -OCH3 is 2. The van der Waals surface area contributed by atoms with Crippen LogP contribution in [0.25, 0.3) is 0 Å². The van der Waals surface area contributed by atoms with Gasteiger partial charge in [0, 0.05) is 6.07 Å². The molecule has 0 saturated heterocycles. The zero-order valence-corrected chi connectivity index (χ0v) is 13.4. The van der Waals surface area contributed by atoms with Crippen LogP contribution in [-0.2, 0) is 0 Å². The predicted molar refractivity (Wildman–Crippen MR) is 90.5 cm³/mol. The molecule has 0 atom stereocenters. The highest BCUT2D eigenvalue weighted by Crippen LogP contribution is 2.29. The zero-order chi connectivity index (χ0) is 16.1. The highest BCUT2D eigenvalue weighted by Gasteiger charge is 2.09. The largest absolute Gasteiger partial charge is 0.497 e. The van der Waals surface area contributed by atoms with E-state index in [1.165, 1.54) is 6.07 Å². The minimum atomic E-state index is -0.359. The first-order valence-electron chi connectivity index (χ1n) is 6.59. The molecule has 22 heavy (non-hydrogen) atoms. The standard InChI is InChI=1S/C16H17FN2O2S/c1-10-4-6-13(12(17)8-10)18-16(22)19-14-9-11(20-2)5-7-15(14)21-3/h4-9H,1-3H3,(H2,18,19,22). The number of aryl methyl sites for hydroxylation is 1. The smallest absolute Gasteiger partial charge is 0.175 e. The monoisotopic (exact) mass is 320 g/mol. The van der Waals surface area contributed by atoms with Crippen LogP contribution in [0.2, 0.25) is 0 Å². The van der Waals surface area contributed by atoms with E-state index in [0.29, 0.717) is 22.9 Å². The molecule has 0 aromatic heterocycles. The Labute approximate surface area is 134 Å². The van der Waals surface area contributed by atoms with E-state index in [4.69, 9.17) is 21.7 Å². The topological polar surface area (TPSA) is 42.5 Å². The van der Waals surface area contributed by atoms with Crippen molar-refractivity contribution >= 4 is 28.7 Å². The van der Waals surface area contributed by atoms with E-state index in [9.17, 15) is 4.39 Å². The average molecular weight is 320 g/mol. The molecule has 0 aliphatic carbocycles. The van der Waals surface area contributed by atoms with E-state index >= 15 is 0 Å². The van der Waals surface area contributed by atoms with Crippen molar-refractivity contribution < 1.29 is 13.9 Å². The lowest BCUT2D eigenvalue weighted by Gasteiger charge is -2.15. The Morgan fingerprint density at radius 3 is 2.36 bits per heavy atom. The molecule has 2 aromatic carbocycles. The predicted octanol–water partition coefficient (Wildman–Crippen LogP) is 3.96. The third-order valence-corrected chi connectivity index (χ3v) is 3.23. The van der Waals surface area contributed by atoms with Crippen LogP contribution in [0.3, 0.4) is 0 Å². The summed E-state index contributed by atoms with van der Waals surface area (Å²) in [5.74, 6) is 0.906.